The molecule has 1 saturated heterocycles. The van der Waals surface area contributed by atoms with Gasteiger partial charge in [-0.05, 0) is 23.3 Å². The Morgan fingerprint density at radius 3 is 2.20 bits per heavy atom. The number of ketones is 1. The Balaban J connectivity index is 0.000000247. The number of carbonyl (C=O) groups is 2. The molecule has 0 N–H and O–H groups in total. The molecule has 0 radical (unpaired) electrons. The fourth-order valence-electron chi connectivity index (χ4n) is 1.70. The van der Waals surface area contributed by atoms with Gasteiger partial charge in [0.2, 0.25) is 0 Å². The van der Waals surface area contributed by atoms with Crippen LogP contribution in [0.1, 0.15) is 10.4 Å². The summed E-state index contributed by atoms with van der Waals surface area (Å²) in [4.78, 5) is 20.7. The zero-order valence-corrected chi connectivity index (χ0v) is 11.5. The van der Waals surface area contributed by atoms with Gasteiger partial charge in [-0.25, -0.2) is 0 Å². The van der Waals surface area contributed by atoms with Crippen molar-refractivity contribution in [2.75, 3.05) is 13.2 Å². The second-order valence-corrected chi connectivity index (χ2v) is 4.68. The molecule has 0 unspecified atom stereocenters. The lowest BCUT2D eigenvalue weighted by Gasteiger charge is -2.07. The Bertz CT molecular complexity index is 602. The predicted molar refractivity (Wildman–Crippen MR) is 78.1 cm³/mol. The van der Waals surface area contributed by atoms with Crippen molar-refractivity contribution in [2.45, 2.75) is 0 Å². The zero-order valence-electron chi connectivity index (χ0n) is 10.7. The molecule has 3 nitrogen and oxygen atoms in total. The lowest BCUT2D eigenvalue weighted by Crippen LogP contribution is -2.26. The molecule has 3 rings (SSSR count). The quantitative estimate of drug-likeness (QED) is 0.796. The number of hydrogen-bond acceptors (Lipinski definition) is 3. The van der Waals surface area contributed by atoms with Gasteiger partial charge in [0.25, 0.3) is 0 Å². The maximum absolute atomic E-state index is 10.9. The summed E-state index contributed by atoms with van der Waals surface area (Å²) < 4.78 is 4.48. The number of hydrogen-bond donors (Lipinski definition) is 0. The van der Waals surface area contributed by atoms with Gasteiger partial charge in [-0.2, -0.15) is 0 Å². The minimum Gasteiger partial charge on any atom is -0.366 e. The number of aldehydes is 1. The number of benzene rings is 2. The Labute approximate surface area is 122 Å². The van der Waals surface area contributed by atoms with Crippen molar-refractivity contribution in [3.63, 3.8) is 0 Å². The van der Waals surface area contributed by atoms with Crippen LogP contribution >= 0.6 is 11.6 Å². The highest BCUT2D eigenvalue weighted by Gasteiger charge is 2.10. The van der Waals surface area contributed by atoms with E-state index in [1.54, 1.807) is 12.1 Å². The van der Waals surface area contributed by atoms with Crippen molar-refractivity contribution >= 4 is 23.7 Å². The van der Waals surface area contributed by atoms with E-state index in [0.29, 0.717) is 23.8 Å². The normalized spacial score (nSPS) is 12.9. The third-order valence-corrected chi connectivity index (χ3v) is 2.99. The molecule has 1 aliphatic heterocycles. The third-order valence-electron chi connectivity index (χ3n) is 2.75. The van der Waals surface area contributed by atoms with Gasteiger partial charge < -0.3 is 4.74 Å². The van der Waals surface area contributed by atoms with Crippen LogP contribution in [-0.4, -0.2) is 25.3 Å². The second kappa shape index (κ2) is 6.98. The van der Waals surface area contributed by atoms with E-state index < -0.39 is 0 Å². The van der Waals surface area contributed by atoms with E-state index in [-0.39, 0.29) is 5.78 Å². The van der Waals surface area contributed by atoms with E-state index >= 15 is 0 Å². The number of carbonyl (C=O) groups excluding carboxylic acids is 2. The van der Waals surface area contributed by atoms with Crippen LogP contribution in [0.15, 0.2) is 48.5 Å². The lowest BCUT2D eigenvalue weighted by molar-refractivity contribution is -0.140. The number of Topliss-reactive ketones (excluding diaryl/α,β-unsaturated/α-hetero) is 1. The highest BCUT2D eigenvalue weighted by molar-refractivity contribution is 6.31. The topological polar surface area (TPSA) is 43.4 Å². The van der Waals surface area contributed by atoms with Crippen LogP contribution in [0.3, 0.4) is 0 Å². The summed E-state index contributed by atoms with van der Waals surface area (Å²) >= 11 is 5.82. The molecular weight excluding hydrogens is 276 g/mol. The summed E-state index contributed by atoms with van der Waals surface area (Å²) in [7, 11) is 0. The largest absolute Gasteiger partial charge is 0.366 e. The predicted octanol–water partition coefficient (Wildman–Crippen LogP) is 3.41. The molecule has 4 heteroatoms. The molecule has 1 fully saturated rings. The van der Waals surface area contributed by atoms with Gasteiger partial charge in [-0.15, -0.1) is 0 Å². The fourth-order valence-corrected chi connectivity index (χ4v) is 1.88. The summed E-state index contributed by atoms with van der Waals surface area (Å²) in [6.45, 7) is 0.694. The zero-order chi connectivity index (χ0) is 14.4. The van der Waals surface area contributed by atoms with Gasteiger partial charge in [0.15, 0.2) is 12.1 Å². The highest BCUT2D eigenvalue weighted by atomic mass is 35.5. The molecule has 1 aliphatic rings. The van der Waals surface area contributed by atoms with Gasteiger partial charge in [0.05, 0.1) is 0 Å². The first-order valence-corrected chi connectivity index (χ1v) is 6.48. The summed E-state index contributed by atoms with van der Waals surface area (Å²) in [5.41, 5.74) is 2.56. The molecule has 102 valence electrons. The molecular formula is C16H13ClO3. The van der Waals surface area contributed by atoms with Crippen molar-refractivity contribution in [3.05, 3.63) is 59.1 Å². The van der Waals surface area contributed by atoms with Crippen molar-refractivity contribution in [2.24, 2.45) is 0 Å². The minimum atomic E-state index is 0.213. The van der Waals surface area contributed by atoms with Gasteiger partial charge in [-0.3, -0.25) is 9.59 Å². The average molecular weight is 289 g/mol. The van der Waals surface area contributed by atoms with Crippen LogP contribution in [-0.2, 0) is 9.53 Å². The summed E-state index contributed by atoms with van der Waals surface area (Å²) in [5.74, 6) is 0.213. The lowest BCUT2D eigenvalue weighted by atomic mass is 10.0. The smallest absolute Gasteiger partial charge is 0.184 e. The standard InChI is InChI=1S/C13H9ClO.C3H4O2/c14-12-6-7-13(11(8-12)9-15)10-4-2-1-3-5-10;4-3-1-5-2-3/h1-9H;1-2H2. The molecule has 0 spiro atoms. The molecule has 1 heterocycles. The maximum Gasteiger partial charge on any atom is 0.184 e. The van der Waals surface area contributed by atoms with Crippen LogP contribution < -0.4 is 0 Å². The van der Waals surface area contributed by atoms with Gasteiger partial charge in [-0.1, -0.05) is 48.0 Å². The Morgan fingerprint density at radius 1 is 1.05 bits per heavy atom. The summed E-state index contributed by atoms with van der Waals surface area (Å²) in [6.07, 6.45) is 0.828. The first kappa shape index (κ1) is 14.4. The van der Waals surface area contributed by atoms with E-state index in [0.717, 1.165) is 17.4 Å². The molecule has 0 amide bonds. The maximum atomic E-state index is 10.9. The van der Waals surface area contributed by atoms with E-state index in [4.69, 9.17) is 11.6 Å². The van der Waals surface area contributed by atoms with E-state index in [1.165, 1.54) is 0 Å². The highest BCUT2D eigenvalue weighted by Crippen LogP contribution is 2.24. The summed E-state index contributed by atoms with van der Waals surface area (Å²) in [6, 6.07) is 15.1. The fraction of sp³-hybridized carbons (Fsp3) is 0.125. The minimum absolute atomic E-state index is 0.213. The molecule has 0 aliphatic carbocycles. The molecule has 0 atom stereocenters. The molecule has 0 bridgehead atoms. The molecule has 0 saturated carbocycles. The van der Waals surface area contributed by atoms with Crippen LogP contribution in [0.5, 0.6) is 0 Å². The number of halogens is 1. The Hall–Kier alpha value is -1.97. The van der Waals surface area contributed by atoms with Gasteiger partial charge in [0, 0.05) is 10.6 Å². The first-order valence-electron chi connectivity index (χ1n) is 6.10. The van der Waals surface area contributed by atoms with Crippen molar-refractivity contribution < 1.29 is 14.3 Å². The monoisotopic (exact) mass is 288 g/mol. The molecule has 20 heavy (non-hydrogen) atoms. The van der Waals surface area contributed by atoms with Crippen LogP contribution in [0.25, 0.3) is 11.1 Å². The molecule has 0 aromatic heterocycles. The Morgan fingerprint density at radius 2 is 1.70 bits per heavy atom. The van der Waals surface area contributed by atoms with Crippen LogP contribution in [0, 0.1) is 0 Å². The Kier molecular flexibility index (Phi) is 5.04. The van der Waals surface area contributed by atoms with Gasteiger partial charge in [0.1, 0.15) is 13.2 Å². The second-order valence-electron chi connectivity index (χ2n) is 4.25. The molecule has 2 aromatic carbocycles. The first-order chi connectivity index (χ1) is 9.70. The number of rotatable bonds is 2. The number of ether oxygens (including phenoxy) is 1. The van der Waals surface area contributed by atoms with Gasteiger partial charge >= 0.3 is 0 Å². The van der Waals surface area contributed by atoms with Crippen molar-refractivity contribution in [3.8, 4) is 11.1 Å². The van der Waals surface area contributed by atoms with Crippen molar-refractivity contribution in [1.82, 2.24) is 0 Å². The van der Waals surface area contributed by atoms with E-state index in [2.05, 4.69) is 4.74 Å². The molecule has 2 aromatic rings. The van der Waals surface area contributed by atoms with Crippen LogP contribution in [0.2, 0.25) is 5.02 Å². The SMILES string of the molecule is O=C1COC1.O=Cc1cc(Cl)ccc1-c1ccccc1. The average Bonchev–Trinajstić information content (AvgIpc) is 2.46. The van der Waals surface area contributed by atoms with Crippen LogP contribution in [0.4, 0.5) is 0 Å². The summed E-state index contributed by atoms with van der Waals surface area (Å²) in [5, 5.41) is 0.580. The van der Waals surface area contributed by atoms with Crippen molar-refractivity contribution in [1.29, 1.82) is 0 Å². The van der Waals surface area contributed by atoms with E-state index in [9.17, 15) is 9.59 Å². The third kappa shape index (κ3) is 3.76. The van der Waals surface area contributed by atoms with E-state index in [1.807, 2.05) is 36.4 Å².